The minimum atomic E-state index is -0.782. The first-order valence-corrected chi connectivity index (χ1v) is 12.5. The molecule has 29 heavy (non-hydrogen) atoms. The van der Waals surface area contributed by atoms with Crippen LogP contribution < -0.4 is 34.0 Å². The second-order valence-corrected chi connectivity index (χ2v) is 12.9. The van der Waals surface area contributed by atoms with Crippen molar-refractivity contribution in [1.29, 1.82) is 0 Å². The van der Waals surface area contributed by atoms with Gasteiger partial charge in [-0.1, -0.05) is 0 Å². The first-order valence-electron chi connectivity index (χ1n) is 9.85. The normalized spacial score (nSPS) is 19.2. The molecule has 0 radical (unpaired) electrons. The van der Waals surface area contributed by atoms with E-state index in [0.29, 0.717) is 6.75 Å². The molecule has 2 aromatic carbocycles. The van der Waals surface area contributed by atoms with Crippen LogP contribution in [-0.2, 0) is 23.2 Å². The fourth-order valence-electron chi connectivity index (χ4n) is 4.71. The van der Waals surface area contributed by atoms with Crippen molar-refractivity contribution in [3.63, 3.8) is 0 Å². The Balaban J connectivity index is 0.00000150. The molecule has 0 saturated carbocycles. The Bertz CT molecular complexity index is 988. The summed E-state index contributed by atoms with van der Waals surface area (Å²) >= 11 is -0.782. The summed E-state index contributed by atoms with van der Waals surface area (Å²) in [5, 5.41) is 0. The molecular weight excluding hydrogens is 563 g/mol. The van der Waals surface area contributed by atoms with Crippen molar-refractivity contribution in [2.24, 2.45) is 0 Å². The number of rotatable bonds is 3. The van der Waals surface area contributed by atoms with E-state index in [1.54, 1.807) is 22.3 Å². The van der Waals surface area contributed by atoms with Gasteiger partial charge in [0.25, 0.3) is 0 Å². The second-order valence-electron chi connectivity index (χ2n) is 8.27. The summed E-state index contributed by atoms with van der Waals surface area (Å²) in [4.78, 5) is 0. The first kappa shape index (κ1) is 24.8. The van der Waals surface area contributed by atoms with Crippen molar-refractivity contribution in [3.05, 3.63) is 87.5 Å². The summed E-state index contributed by atoms with van der Waals surface area (Å²) in [5.74, 6) is 0. The quantitative estimate of drug-likeness (QED) is 0.511. The maximum atomic E-state index is 2.52. The Morgan fingerprint density at radius 3 is 1.93 bits per heavy atom. The molecular formula is C26H28Br2Zr. The van der Waals surface area contributed by atoms with Gasteiger partial charge in [-0.2, -0.15) is 0 Å². The van der Waals surface area contributed by atoms with Crippen LogP contribution in [0.1, 0.15) is 56.3 Å². The Morgan fingerprint density at radius 1 is 0.759 bits per heavy atom. The van der Waals surface area contributed by atoms with Crippen molar-refractivity contribution in [1.82, 2.24) is 0 Å². The number of halogens is 2. The van der Waals surface area contributed by atoms with Gasteiger partial charge in [-0.15, -0.1) is 0 Å². The van der Waals surface area contributed by atoms with Crippen molar-refractivity contribution in [2.75, 3.05) is 0 Å². The molecule has 0 aromatic heterocycles. The Kier molecular flexibility index (Phi) is 7.97. The zero-order valence-corrected chi connectivity index (χ0v) is 23.7. The fraction of sp³-hybridized carbons (Fsp3) is 0.308. The van der Waals surface area contributed by atoms with E-state index < -0.39 is 23.2 Å². The molecule has 0 amide bonds. The molecule has 0 fully saturated rings. The molecule has 2 aliphatic rings. The molecule has 3 heteroatoms. The maximum absolute atomic E-state index is 2.52. The van der Waals surface area contributed by atoms with E-state index in [2.05, 4.69) is 96.1 Å². The number of allylic oxidation sites excluding steroid dienone is 5. The molecule has 0 bridgehead atoms. The van der Waals surface area contributed by atoms with Crippen molar-refractivity contribution in [2.45, 2.75) is 48.3 Å². The summed E-state index contributed by atoms with van der Waals surface area (Å²) in [6.45, 7) is 14.3. The summed E-state index contributed by atoms with van der Waals surface area (Å²) < 4.78 is 1.00. The Morgan fingerprint density at radius 2 is 1.34 bits per heavy atom. The first-order chi connectivity index (χ1) is 12.8. The number of fused-ring (bicyclic) bond motifs is 1. The van der Waals surface area contributed by atoms with E-state index in [1.807, 2.05) is 0 Å². The van der Waals surface area contributed by atoms with Crippen LogP contribution in [-0.4, -0.2) is 0 Å². The number of hydrogen-bond donors (Lipinski definition) is 0. The van der Waals surface area contributed by atoms with E-state index in [1.165, 1.54) is 27.8 Å². The van der Waals surface area contributed by atoms with Gasteiger partial charge < -0.3 is 34.0 Å². The largest absolute Gasteiger partial charge is 1.00 e. The summed E-state index contributed by atoms with van der Waals surface area (Å²) in [6.07, 6.45) is 2.47. The SMILES string of the molecule is CC1=Cc2c(-c3ccccc3)cccc2[CH]1[Zr+2][C]1(C)C(C)=C(C)C(C)=C1C.[Br-].[Br-]. The van der Waals surface area contributed by atoms with Gasteiger partial charge in [-0.05, 0) is 0 Å². The summed E-state index contributed by atoms with van der Waals surface area (Å²) in [7, 11) is 0. The average Bonchev–Trinajstić information content (AvgIpc) is 3.07. The topological polar surface area (TPSA) is 0 Å². The summed E-state index contributed by atoms with van der Waals surface area (Å²) in [5.41, 5.74) is 13.7. The second kappa shape index (κ2) is 9.33. The zero-order chi connectivity index (χ0) is 19.3. The third-order valence-electron chi connectivity index (χ3n) is 6.98. The smallest absolute Gasteiger partial charge is 1.00 e. The monoisotopic (exact) mass is 588 g/mol. The van der Waals surface area contributed by atoms with Gasteiger partial charge in [0.15, 0.2) is 0 Å². The molecule has 4 rings (SSSR count). The zero-order valence-electron chi connectivity index (χ0n) is 18.0. The molecule has 1 unspecified atom stereocenters. The van der Waals surface area contributed by atoms with E-state index >= 15 is 0 Å². The van der Waals surface area contributed by atoms with E-state index in [0.717, 1.165) is 0 Å². The van der Waals surface area contributed by atoms with Crippen LogP contribution in [0.3, 0.4) is 0 Å². The van der Waals surface area contributed by atoms with Crippen LogP contribution in [0, 0.1) is 0 Å². The molecule has 0 aliphatic heterocycles. The van der Waals surface area contributed by atoms with Gasteiger partial charge in [0.1, 0.15) is 0 Å². The Hall–Kier alpha value is -0.497. The van der Waals surface area contributed by atoms with Crippen molar-refractivity contribution >= 4 is 6.08 Å². The van der Waals surface area contributed by atoms with Crippen molar-refractivity contribution in [3.8, 4) is 11.1 Å². The molecule has 150 valence electrons. The van der Waals surface area contributed by atoms with Gasteiger partial charge in [-0.3, -0.25) is 0 Å². The summed E-state index contributed by atoms with van der Waals surface area (Å²) in [6, 6.07) is 17.8. The predicted molar refractivity (Wildman–Crippen MR) is 113 cm³/mol. The van der Waals surface area contributed by atoms with Crippen LogP contribution in [0.25, 0.3) is 17.2 Å². The Labute approximate surface area is 208 Å². The number of hydrogen-bond acceptors (Lipinski definition) is 0. The van der Waals surface area contributed by atoms with E-state index in [9.17, 15) is 0 Å². The van der Waals surface area contributed by atoms with Crippen molar-refractivity contribution < 1.29 is 57.2 Å². The van der Waals surface area contributed by atoms with Gasteiger partial charge in [-0.25, -0.2) is 0 Å². The van der Waals surface area contributed by atoms with Crippen LogP contribution >= 0.6 is 0 Å². The molecule has 0 heterocycles. The fourth-order valence-corrected chi connectivity index (χ4v) is 9.88. The van der Waals surface area contributed by atoms with Gasteiger partial charge >= 0.3 is 176 Å². The molecule has 0 saturated heterocycles. The molecule has 0 N–H and O–H groups in total. The molecule has 0 nitrogen and oxygen atoms in total. The molecule has 0 spiro atoms. The average molecular weight is 592 g/mol. The van der Waals surface area contributed by atoms with Crippen LogP contribution in [0.5, 0.6) is 0 Å². The maximum Gasteiger partial charge on any atom is -1.00 e. The van der Waals surface area contributed by atoms with Crippen LogP contribution in [0.4, 0.5) is 0 Å². The van der Waals surface area contributed by atoms with Gasteiger partial charge in [0.05, 0.1) is 0 Å². The van der Waals surface area contributed by atoms with E-state index in [4.69, 9.17) is 0 Å². The van der Waals surface area contributed by atoms with E-state index in [-0.39, 0.29) is 34.0 Å². The van der Waals surface area contributed by atoms with Crippen LogP contribution in [0.2, 0.25) is 3.12 Å². The molecule has 2 aliphatic carbocycles. The standard InChI is InChI=1S/C16H13.C10H15.2BrH.Zr/c1-12-10-14-8-5-9-15(16(14)11-12)13-6-3-2-4-7-13;1-6-7(2)9(4)10(5)8(6)3;;;/h2-11H,1H3;1-5H3;2*1H;/q;;;;+2/p-2. The third-order valence-corrected chi connectivity index (χ3v) is 12.8. The van der Waals surface area contributed by atoms with Gasteiger partial charge in [0, 0.05) is 0 Å². The molecule has 1 atom stereocenters. The third kappa shape index (κ3) is 4.04. The van der Waals surface area contributed by atoms with Crippen LogP contribution in [0.15, 0.2) is 76.4 Å². The number of benzene rings is 2. The molecule has 2 aromatic rings. The predicted octanol–water partition coefficient (Wildman–Crippen LogP) is 1.77. The minimum Gasteiger partial charge on any atom is -1.00 e. The van der Waals surface area contributed by atoms with Gasteiger partial charge in [0.2, 0.25) is 0 Å². The minimum absolute atomic E-state index is 0.